The maximum atomic E-state index is 5.93. The van der Waals surface area contributed by atoms with Crippen LogP contribution in [0.2, 0.25) is 0 Å². The van der Waals surface area contributed by atoms with E-state index in [1.807, 2.05) is 14.0 Å². The molecule has 0 radical (unpaired) electrons. The van der Waals surface area contributed by atoms with Crippen LogP contribution in [-0.2, 0) is 11.8 Å². The second kappa shape index (κ2) is 4.74. The molecule has 2 rings (SSSR count). The predicted molar refractivity (Wildman–Crippen MR) is 64.4 cm³/mol. The van der Waals surface area contributed by atoms with Crippen LogP contribution in [0.3, 0.4) is 0 Å². The summed E-state index contributed by atoms with van der Waals surface area (Å²) in [6.07, 6.45) is 3.88. The van der Waals surface area contributed by atoms with E-state index in [4.69, 9.17) is 10.5 Å². The molecular weight excluding hydrogens is 204 g/mol. The molecule has 0 aliphatic carbocycles. The zero-order valence-electron chi connectivity index (χ0n) is 9.99. The molecule has 1 saturated heterocycles. The highest BCUT2D eigenvalue weighted by Gasteiger charge is 2.15. The van der Waals surface area contributed by atoms with E-state index < -0.39 is 0 Å². The van der Waals surface area contributed by atoms with Crippen molar-refractivity contribution in [1.29, 1.82) is 0 Å². The first kappa shape index (κ1) is 11.3. The van der Waals surface area contributed by atoms with Gasteiger partial charge in [0, 0.05) is 20.2 Å². The molecule has 16 heavy (non-hydrogen) atoms. The van der Waals surface area contributed by atoms with Gasteiger partial charge in [-0.05, 0) is 26.2 Å². The minimum atomic E-state index is 0.309. The Bertz CT molecular complexity index is 355. The molecule has 2 heterocycles. The first-order valence-electron chi connectivity index (χ1n) is 5.83. The van der Waals surface area contributed by atoms with E-state index >= 15 is 0 Å². The van der Waals surface area contributed by atoms with Crippen molar-refractivity contribution in [3.05, 3.63) is 5.69 Å². The Balaban J connectivity index is 1.93. The molecule has 0 bridgehead atoms. The Morgan fingerprint density at radius 3 is 2.94 bits per heavy atom. The van der Waals surface area contributed by atoms with Crippen molar-refractivity contribution in [2.24, 2.45) is 7.05 Å². The third-order valence-electron chi connectivity index (χ3n) is 3.04. The molecule has 3 N–H and O–H groups in total. The lowest BCUT2D eigenvalue weighted by atomic mass is 10.1. The molecule has 1 unspecified atom stereocenters. The van der Waals surface area contributed by atoms with Gasteiger partial charge in [-0.15, -0.1) is 0 Å². The Labute approximate surface area is 96.0 Å². The quantitative estimate of drug-likeness (QED) is 0.812. The minimum Gasteiger partial charge on any atom is -0.394 e. The van der Waals surface area contributed by atoms with Gasteiger partial charge in [0.1, 0.15) is 5.82 Å². The lowest BCUT2D eigenvalue weighted by Crippen LogP contribution is -2.27. The van der Waals surface area contributed by atoms with Gasteiger partial charge in [-0.1, -0.05) is 0 Å². The van der Waals surface area contributed by atoms with Crippen molar-refractivity contribution in [3.63, 3.8) is 0 Å². The third-order valence-corrected chi connectivity index (χ3v) is 3.04. The van der Waals surface area contributed by atoms with Crippen molar-refractivity contribution >= 4 is 11.5 Å². The predicted octanol–water partition coefficient (Wildman–Crippen LogP) is 1.29. The zero-order chi connectivity index (χ0) is 11.5. The molecule has 90 valence electrons. The SMILES string of the molecule is Cc1nn(C)c(NCC2CCCCO2)c1N. The number of ether oxygens (including phenoxy) is 1. The third kappa shape index (κ3) is 2.29. The molecular formula is C11H20N4O. The van der Waals surface area contributed by atoms with Gasteiger partial charge in [-0.3, -0.25) is 4.68 Å². The van der Waals surface area contributed by atoms with Gasteiger partial charge in [0.2, 0.25) is 0 Å². The lowest BCUT2D eigenvalue weighted by molar-refractivity contribution is 0.0247. The van der Waals surface area contributed by atoms with Crippen molar-refractivity contribution in [2.75, 3.05) is 24.2 Å². The van der Waals surface area contributed by atoms with Gasteiger partial charge in [-0.2, -0.15) is 5.10 Å². The maximum absolute atomic E-state index is 5.93. The highest BCUT2D eigenvalue weighted by Crippen LogP contribution is 2.21. The number of rotatable bonds is 3. The minimum absolute atomic E-state index is 0.309. The van der Waals surface area contributed by atoms with Crippen LogP contribution in [0.15, 0.2) is 0 Å². The second-order valence-corrected chi connectivity index (χ2v) is 4.34. The molecule has 1 fully saturated rings. The number of hydrogen-bond acceptors (Lipinski definition) is 4. The van der Waals surface area contributed by atoms with Crippen LogP contribution >= 0.6 is 0 Å². The van der Waals surface area contributed by atoms with Crippen LogP contribution in [0.5, 0.6) is 0 Å². The summed E-state index contributed by atoms with van der Waals surface area (Å²) in [5, 5.41) is 7.58. The van der Waals surface area contributed by atoms with Gasteiger partial charge < -0.3 is 15.8 Å². The highest BCUT2D eigenvalue weighted by atomic mass is 16.5. The monoisotopic (exact) mass is 224 g/mol. The average molecular weight is 224 g/mol. The van der Waals surface area contributed by atoms with Crippen molar-refractivity contribution in [3.8, 4) is 0 Å². The smallest absolute Gasteiger partial charge is 0.147 e. The molecule has 1 aromatic rings. The maximum Gasteiger partial charge on any atom is 0.147 e. The van der Waals surface area contributed by atoms with Gasteiger partial charge in [0.15, 0.2) is 0 Å². The van der Waals surface area contributed by atoms with E-state index in [-0.39, 0.29) is 0 Å². The van der Waals surface area contributed by atoms with Crippen LogP contribution < -0.4 is 11.1 Å². The summed E-state index contributed by atoms with van der Waals surface area (Å²) in [6, 6.07) is 0. The molecule has 0 amide bonds. The second-order valence-electron chi connectivity index (χ2n) is 4.34. The molecule has 5 heteroatoms. The van der Waals surface area contributed by atoms with Crippen molar-refractivity contribution in [2.45, 2.75) is 32.3 Å². The summed E-state index contributed by atoms with van der Waals surface area (Å²) in [4.78, 5) is 0. The van der Waals surface area contributed by atoms with E-state index in [1.165, 1.54) is 12.8 Å². The summed E-state index contributed by atoms with van der Waals surface area (Å²) in [5.41, 5.74) is 7.54. The zero-order valence-corrected chi connectivity index (χ0v) is 9.99. The standard InChI is InChI=1S/C11H20N4O/c1-8-10(12)11(15(2)14-8)13-7-9-5-3-4-6-16-9/h9,13H,3-7,12H2,1-2H3. The van der Waals surface area contributed by atoms with Crippen LogP contribution in [0.25, 0.3) is 0 Å². The van der Waals surface area contributed by atoms with Crippen LogP contribution in [0.1, 0.15) is 25.0 Å². The number of nitrogen functional groups attached to an aromatic ring is 1. The van der Waals surface area contributed by atoms with Crippen LogP contribution in [0, 0.1) is 6.92 Å². The number of nitrogens with zero attached hydrogens (tertiary/aromatic N) is 2. The fraction of sp³-hybridized carbons (Fsp3) is 0.727. The number of aromatic nitrogens is 2. The van der Waals surface area contributed by atoms with Crippen molar-refractivity contribution in [1.82, 2.24) is 9.78 Å². The molecule has 1 atom stereocenters. The van der Waals surface area contributed by atoms with Gasteiger partial charge >= 0.3 is 0 Å². The molecule has 0 aromatic carbocycles. The Kier molecular flexibility index (Phi) is 3.33. The fourth-order valence-corrected chi connectivity index (χ4v) is 2.06. The highest BCUT2D eigenvalue weighted by molar-refractivity contribution is 5.64. The topological polar surface area (TPSA) is 65.1 Å². The molecule has 5 nitrogen and oxygen atoms in total. The molecule has 0 spiro atoms. The average Bonchev–Trinajstić information content (AvgIpc) is 2.53. The van der Waals surface area contributed by atoms with Crippen molar-refractivity contribution < 1.29 is 4.74 Å². The van der Waals surface area contributed by atoms with E-state index in [0.717, 1.165) is 36.8 Å². The lowest BCUT2D eigenvalue weighted by Gasteiger charge is -2.23. The van der Waals surface area contributed by atoms with E-state index in [1.54, 1.807) is 4.68 Å². The summed E-state index contributed by atoms with van der Waals surface area (Å²) in [7, 11) is 1.90. The van der Waals surface area contributed by atoms with E-state index in [0.29, 0.717) is 6.10 Å². The molecule has 1 aliphatic rings. The summed E-state index contributed by atoms with van der Waals surface area (Å²) < 4.78 is 7.44. The van der Waals surface area contributed by atoms with E-state index in [2.05, 4.69) is 10.4 Å². The number of nitrogens with one attached hydrogen (secondary N) is 1. The fourth-order valence-electron chi connectivity index (χ4n) is 2.06. The Hall–Kier alpha value is -1.23. The first-order chi connectivity index (χ1) is 7.68. The molecule has 1 aromatic heterocycles. The Morgan fingerprint density at radius 1 is 1.56 bits per heavy atom. The normalized spacial score (nSPS) is 21.0. The summed E-state index contributed by atoms with van der Waals surface area (Å²) >= 11 is 0. The number of anilines is 2. The summed E-state index contributed by atoms with van der Waals surface area (Å²) in [6.45, 7) is 3.60. The van der Waals surface area contributed by atoms with E-state index in [9.17, 15) is 0 Å². The number of aryl methyl sites for hydroxylation is 2. The van der Waals surface area contributed by atoms with Gasteiger partial charge in [-0.25, -0.2) is 0 Å². The first-order valence-corrected chi connectivity index (χ1v) is 5.83. The molecule has 1 aliphatic heterocycles. The number of nitrogens with two attached hydrogens (primary N) is 1. The van der Waals surface area contributed by atoms with Gasteiger partial charge in [0.05, 0.1) is 17.5 Å². The molecule has 0 saturated carbocycles. The van der Waals surface area contributed by atoms with Gasteiger partial charge in [0.25, 0.3) is 0 Å². The number of hydrogen-bond donors (Lipinski definition) is 2. The largest absolute Gasteiger partial charge is 0.394 e. The summed E-state index contributed by atoms with van der Waals surface area (Å²) in [5.74, 6) is 0.895. The van der Waals surface area contributed by atoms with Crippen LogP contribution in [0.4, 0.5) is 11.5 Å². The van der Waals surface area contributed by atoms with Crippen LogP contribution in [-0.4, -0.2) is 29.0 Å². The Morgan fingerprint density at radius 2 is 2.38 bits per heavy atom.